The highest BCUT2D eigenvalue weighted by Crippen LogP contribution is 2.35. The predicted molar refractivity (Wildman–Crippen MR) is 53.5 cm³/mol. The Bertz CT molecular complexity index is 193. The van der Waals surface area contributed by atoms with Crippen LogP contribution in [0.25, 0.3) is 0 Å². The summed E-state index contributed by atoms with van der Waals surface area (Å²) in [6.07, 6.45) is 0.974. The maximum absolute atomic E-state index is 12.0. The molecule has 1 rings (SSSR count). The number of amides is 1. The van der Waals surface area contributed by atoms with Crippen LogP contribution in [0, 0.1) is 11.3 Å². The molecule has 1 unspecified atom stereocenters. The first-order valence-corrected chi connectivity index (χ1v) is 4.93. The molecule has 0 aromatic carbocycles. The lowest BCUT2D eigenvalue weighted by atomic mass is 9.75. The summed E-state index contributed by atoms with van der Waals surface area (Å²) < 4.78 is 0. The summed E-state index contributed by atoms with van der Waals surface area (Å²) in [5, 5.41) is 3.28. The van der Waals surface area contributed by atoms with E-state index in [4.69, 9.17) is 0 Å². The number of carbonyl (C=O) groups excluding carboxylic acids is 1. The Morgan fingerprint density at radius 2 is 2.08 bits per heavy atom. The van der Waals surface area contributed by atoms with Crippen molar-refractivity contribution in [3.63, 3.8) is 0 Å². The zero-order valence-corrected chi connectivity index (χ0v) is 9.05. The van der Waals surface area contributed by atoms with Gasteiger partial charge in [-0.05, 0) is 18.9 Å². The Kier molecular flexibility index (Phi) is 2.96. The fourth-order valence-corrected chi connectivity index (χ4v) is 2.08. The van der Waals surface area contributed by atoms with Gasteiger partial charge in [-0.25, -0.2) is 0 Å². The molecule has 0 aromatic heterocycles. The number of hydrogen-bond acceptors (Lipinski definition) is 2. The van der Waals surface area contributed by atoms with Crippen LogP contribution < -0.4 is 5.32 Å². The molecule has 0 aromatic rings. The van der Waals surface area contributed by atoms with Gasteiger partial charge in [-0.3, -0.25) is 4.79 Å². The van der Waals surface area contributed by atoms with Gasteiger partial charge in [0, 0.05) is 20.6 Å². The Morgan fingerprint density at radius 3 is 2.38 bits per heavy atom. The first-order chi connectivity index (χ1) is 6.00. The second-order valence-corrected chi connectivity index (χ2v) is 4.44. The minimum absolute atomic E-state index is 0.149. The molecule has 1 heterocycles. The van der Waals surface area contributed by atoms with Crippen LogP contribution in [-0.2, 0) is 4.79 Å². The first kappa shape index (κ1) is 10.5. The largest absolute Gasteiger partial charge is 0.348 e. The number of nitrogens with one attached hydrogen (secondary N) is 1. The number of carbonyl (C=O) groups is 1. The Balaban J connectivity index is 2.84. The number of hydrogen-bond donors (Lipinski definition) is 1. The molecule has 3 nitrogen and oxygen atoms in total. The van der Waals surface area contributed by atoms with Gasteiger partial charge in [0.05, 0.1) is 5.41 Å². The Morgan fingerprint density at radius 1 is 1.46 bits per heavy atom. The zero-order valence-electron chi connectivity index (χ0n) is 9.05. The summed E-state index contributed by atoms with van der Waals surface area (Å²) in [5.74, 6) is 0.685. The van der Waals surface area contributed by atoms with E-state index in [0.29, 0.717) is 5.92 Å². The van der Waals surface area contributed by atoms with Gasteiger partial charge in [0.15, 0.2) is 0 Å². The summed E-state index contributed by atoms with van der Waals surface area (Å²) in [5.41, 5.74) is -0.149. The highest BCUT2D eigenvalue weighted by molar-refractivity contribution is 5.83. The van der Waals surface area contributed by atoms with E-state index in [2.05, 4.69) is 19.2 Å². The molecule has 0 radical (unpaired) electrons. The van der Waals surface area contributed by atoms with Crippen molar-refractivity contribution in [1.29, 1.82) is 0 Å². The molecular weight excluding hydrogens is 164 g/mol. The molecule has 0 saturated carbocycles. The van der Waals surface area contributed by atoms with Crippen LogP contribution in [0.15, 0.2) is 0 Å². The van der Waals surface area contributed by atoms with E-state index in [1.165, 1.54) is 0 Å². The fraction of sp³-hybridized carbons (Fsp3) is 0.900. The van der Waals surface area contributed by atoms with Crippen molar-refractivity contribution in [1.82, 2.24) is 10.2 Å². The first-order valence-electron chi connectivity index (χ1n) is 4.93. The van der Waals surface area contributed by atoms with Crippen molar-refractivity contribution < 1.29 is 4.79 Å². The van der Waals surface area contributed by atoms with Gasteiger partial charge in [0.2, 0.25) is 5.91 Å². The zero-order chi connectivity index (χ0) is 10.1. The minimum Gasteiger partial charge on any atom is -0.348 e. The third kappa shape index (κ3) is 1.70. The van der Waals surface area contributed by atoms with E-state index in [1.54, 1.807) is 4.90 Å². The van der Waals surface area contributed by atoms with E-state index in [1.807, 2.05) is 14.1 Å². The second kappa shape index (κ2) is 3.66. The molecule has 13 heavy (non-hydrogen) atoms. The fourth-order valence-electron chi connectivity index (χ4n) is 2.08. The molecule has 0 aliphatic carbocycles. The van der Waals surface area contributed by atoms with Gasteiger partial charge in [-0.2, -0.15) is 0 Å². The van der Waals surface area contributed by atoms with Crippen LogP contribution in [0.4, 0.5) is 0 Å². The number of rotatable bonds is 2. The maximum Gasteiger partial charge on any atom is 0.229 e. The molecular formula is C10H20N2O. The van der Waals surface area contributed by atoms with E-state index in [-0.39, 0.29) is 11.3 Å². The van der Waals surface area contributed by atoms with Crippen molar-refractivity contribution in [2.75, 3.05) is 27.2 Å². The van der Waals surface area contributed by atoms with Gasteiger partial charge in [-0.15, -0.1) is 0 Å². The predicted octanol–water partition coefficient (Wildman–Crippen LogP) is 0.710. The average Bonchev–Trinajstić information content (AvgIpc) is 2.51. The van der Waals surface area contributed by atoms with Crippen molar-refractivity contribution >= 4 is 5.91 Å². The van der Waals surface area contributed by atoms with E-state index >= 15 is 0 Å². The maximum atomic E-state index is 12.0. The summed E-state index contributed by atoms with van der Waals surface area (Å²) in [7, 11) is 3.68. The van der Waals surface area contributed by atoms with Crippen molar-refractivity contribution in [3.8, 4) is 0 Å². The highest BCUT2D eigenvalue weighted by Gasteiger charge is 2.44. The monoisotopic (exact) mass is 184 g/mol. The summed E-state index contributed by atoms with van der Waals surface area (Å²) in [6, 6.07) is 0. The number of nitrogens with zero attached hydrogens (tertiary/aromatic N) is 1. The van der Waals surface area contributed by atoms with Crippen LogP contribution >= 0.6 is 0 Å². The van der Waals surface area contributed by atoms with Crippen LogP contribution in [0.5, 0.6) is 0 Å². The lowest BCUT2D eigenvalue weighted by Gasteiger charge is -2.33. The minimum atomic E-state index is -0.149. The molecule has 0 spiro atoms. The molecule has 1 aliphatic rings. The van der Waals surface area contributed by atoms with Gasteiger partial charge < -0.3 is 10.2 Å². The molecule has 1 amide bonds. The van der Waals surface area contributed by atoms with Gasteiger partial charge in [0.1, 0.15) is 0 Å². The lowest BCUT2D eigenvalue weighted by molar-refractivity contribution is -0.141. The second-order valence-electron chi connectivity index (χ2n) is 4.44. The molecule has 1 fully saturated rings. The Labute approximate surface area is 80.5 Å². The summed E-state index contributed by atoms with van der Waals surface area (Å²) in [6.45, 7) is 6.07. The molecule has 1 saturated heterocycles. The van der Waals surface area contributed by atoms with Crippen LogP contribution in [0.1, 0.15) is 20.3 Å². The molecule has 1 aliphatic heterocycles. The molecule has 1 atom stereocenters. The van der Waals surface area contributed by atoms with Crippen LogP contribution in [0.3, 0.4) is 0 Å². The summed E-state index contributed by atoms with van der Waals surface area (Å²) >= 11 is 0. The quantitative estimate of drug-likeness (QED) is 0.685. The van der Waals surface area contributed by atoms with Crippen LogP contribution in [0.2, 0.25) is 0 Å². The van der Waals surface area contributed by atoms with E-state index in [0.717, 1.165) is 19.5 Å². The normalized spacial score (nSPS) is 28.1. The van der Waals surface area contributed by atoms with Gasteiger partial charge >= 0.3 is 0 Å². The third-order valence-corrected chi connectivity index (χ3v) is 3.13. The van der Waals surface area contributed by atoms with Crippen molar-refractivity contribution in [3.05, 3.63) is 0 Å². The smallest absolute Gasteiger partial charge is 0.229 e. The third-order valence-electron chi connectivity index (χ3n) is 3.13. The molecule has 76 valence electrons. The molecule has 0 bridgehead atoms. The Hall–Kier alpha value is -0.570. The lowest BCUT2D eigenvalue weighted by Crippen LogP contribution is -2.45. The van der Waals surface area contributed by atoms with Gasteiger partial charge in [-0.1, -0.05) is 13.8 Å². The molecule has 3 heteroatoms. The van der Waals surface area contributed by atoms with Crippen LogP contribution in [-0.4, -0.2) is 38.0 Å². The standard InChI is InChI=1S/C10H20N2O/c1-8(2)10(5-6-11-7-10)9(13)12(3)4/h8,11H,5-7H2,1-4H3. The van der Waals surface area contributed by atoms with E-state index in [9.17, 15) is 4.79 Å². The topological polar surface area (TPSA) is 32.3 Å². The molecule has 1 N–H and O–H groups in total. The van der Waals surface area contributed by atoms with Gasteiger partial charge in [0.25, 0.3) is 0 Å². The highest BCUT2D eigenvalue weighted by atomic mass is 16.2. The van der Waals surface area contributed by atoms with Crippen molar-refractivity contribution in [2.45, 2.75) is 20.3 Å². The SMILES string of the molecule is CC(C)C1(C(=O)N(C)C)CCNC1. The summed E-state index contributed by atoms with van der Waals surface area (Å²) in [4.78, 5) is 13.7. The average molecular weight is 184 g/mol. The van der Waals surface area contributed by atoms with E-state index < -0.39 is 0 Å². The van der Waals surface area contributed by atoms with Crippen molar-refractivity contribution in [2.24, 2.45) is 11.3 Å².